The fourth-order valence-corrected chi connectivity index (χ4v) is 5.25. The van der Waals surface area contributed by atoms with E-state index in [1.165, 1.54) is 0 Å². The van der Waals surface area contributed by atoms with Crippen LogP contribution in [0.3, 0.4) is 0 Å². The van der Waals surface area contributed by atoms with Gasteiger partial charge in [0.15, 0.2) is 0 Å². The van der Waals surface area contributed by atoms with Crippen molar-refractivity contribution in [1.29, 1.82) is 0 Å². The Morgan fingerprint density at radius 3 is 1.78 bits per heavy atom. The fraction of sp³-hybridized carbons (Fsp3) is 0.379. The molecule has 0 radical (unpaired) electrons. The zero-order valence-corrected chi connectivity index (χ0v) is 22.6. The van der Waals surface area contributed by atoms with Crippen molar-refractivity contribution >= 4 is 17.3 Å². The summed E-state index contributed by atoms with van der Waals surface area (Å²) in [7, 11) is 3.33. The molecule has 196 valence electrons. The number of carbonyl (C=O) groups excluding carboxylic acids is 1. The van der Waals surface area contributed by atoms with E-state index in [1.54, 1.807) is 32.5 Å². The highest BCUT2D eigenvalue weighted by atomic mass is 16.5. The van der Waals surface area contributed by atoms with Gasteiger partial charge in [-0.05, 0) is 52.0 Å². The molecule has 0 unspecified atom stereocenters. The molecule has 2 aromatic carbocycles. The molecule has 8 heteroatoms. The van der Waals surface area contributed by atoms with Crippen LogP contribution >= 0.6 is 0 Å². The Balaban J connectivity index is 2.04. The minimum Gasteiger partial charge on any atom is -0.496 e. The Morgan fingerprint density at radius 2 is 1.32 bits per heavy atom. The van der Waals surface area contributed by atoms with Gasteiger partial charge in [-0.1, -0.05) is 12.1 Å². The minimum absolute atomic E-state index is 0.240. The zero-order valence-electron chi connectivity index (χ0n) is 22.6. The highest BCUT2D eigenvalue weighted by Crippen LogP contribution is 2.47. The van der Waals surface area contributed by atoms with Crippen LogP contribution in [0, 0.1) is 0 Å². The van der Waals surface area contributed by atoms with E-state index in [4.69, 9.17) is 14.5 Å². The number of fused-ring (bicyclic) bond motifs is 1. The summed E-state index contributed by atoms with van der Waals surface area (Å²) in [5, 5.41) is 0. The van der Waals surface area contributed by atoms with Crippen molar-refractivity contribution in [2.24, 2.45) is 0 Å². The van der Waals surface area contributed by atoms with Crippen molar-refractivity contribution in [2.75, 3.05) is 50.2 Å². The lowest BCUT2D eigenvalue weighted by atomic mass is 9.76. The Bertz CT molecular complexity index is 1190. The summed E-state index contributed by atoms with van der Waals surface area (Å²) in [4.78, 5) is 22.2. The monoisotopic (exact) mass is 503 g/mol. The lowest BCUT2D eigenvalue weighted by molar-refractivity contribution is 0.0893. The van der Waals surface area contributed by atoms with Crippen molar-refractivity contribution in [3.05, 3.63) is 77.1 Å². The number of aromatic nitrogens is 1. The molecular weight excluding hydrogens is 466 g/mol. The van der Waals surface area contributed by atoms with Crippen LogP contribution in [0.5, 0.6) is 11.5 Å². The molecule has 1 amide bonds. The molecule has 3 aromatic rings. The summed E-state index contributed by atoms with van der Waals surface area (Å²) in [6.45, 7) is 12.0. The van der Waals surface area contributed by atoms with E-state index in [9.17, 15) is 4.79 Å². The molecule has 1 aliphatic heterocycles. The average molecular weight is 504 g/mol. The van der Waals surface area contributed by atoms with E-state index in [1.807, 2.05) is 24.3 Å². The van der Waals surface area contributed by atoms with Gasteiger partial charge < -0.3 is 19.3 Å². The maximum atomic E-state index is 12.9. The van der Waals surface area contributed by atoms with Gasteiger partial charge in [-0.15, -0.1) is 0 Å². The van der Waals surface area contributed by atoms with Crippen LogP contribution in [0.2, 0.25) is 0 Å². The topological polar surface area (TPSA) is 79.0 Å². The Hall–Kier alpha value is -3.78. The number of ether oxygens (including phenoxy) is 2. The molecule has 0 aliphatic carbocycles. The van der Waals surface area contributed by atoms with Gasteiger partial charge in [-0.2, -0.15) is 0 Å². The number of nitrogens with zero attached hydrogens (tertiary/aromatic N) is 3. The molecule has 1 aromatic heterocycles. The Kier molecular flexibility index (Phi) is 7.88. The second-order valence-corrected chi connectivity index (χ2v) is 8.84. The van der Waals surface area contributed by atoms with Gasteiger partial charge >= 0.3 is 0 Å². The number of rotatable bonds is 10. The summed E-state index contributed by atoms with van der Waals surface area (Å²) in [6, 6.07) is 15.9. The number of hydrogen-bond donors (Lipinski definition) is 2. The van der Waals surface area contributed by atoms with E-state index < -0.39 is 5.54 Å². The first kappa shape index (κ1) is 26.3. The summed E-state index contributed by atoms with van der Waals surface area (Å²) >= 11 is 0. The van der Waals surface area contributed by atoms with Crippen molar-refractivity contribution in [1.82, 2.24) is 15.8 Å². The van der Waals surface area contributed by atoms with Crippen molar-refractivity contribution in [3.63, 3.8) is 0 Å². The molecule has 0 atom stereocenters. The third-order valence-electron chi connectivity index (χ3n) is 7.21. The first-order valence-corrected chi connectivity index (χ1v) is 12.9. The van der Waals surface area contributed by atoms with E-state index >= 15 is 0 Å². The normalized spacial score (nSPS) is 13.9. The summed E-state index contributed by atoms with van der Waals surface area (Å²) in [6.07, 6.45) is 1.71. The largest absolute Gasteiger partial charge is 0.496 e. The number of nitrogens with one attached hydrogen (secondary N) is 2. The van der Waals surface area contributed by atoms with E-state index in [0.717, 1.165) is 48.7 Å². The highest BCUT2D eigenvalue weighted by Gasteiger charge is 2.47. The lowest BCUT2D eigenvalue weighted by Crippen LogP contribution is -2.58. The summed E-state index contributed by atoms with van der Waals surface area (Å²) in [5.41, 5.74) is 9.98. The molecule has 8 nitrogen and oxygen atoms in total. The molecule has 0 spiro atoms. The lowest BCUT2D eigenvalue weighted by Gasteiger charge is -2.41. The second-order valence-electron chi connectivity index (χ2n) is 8.84. The van der Waals surface area contributed by atoms with E-state index in [0.29, 0.717) is 22.8 Å². The number of pyridine rings is 1. The van der Waals surface area contributed by atoms with Gasteiger partial charge in [-0.25, -0.2) is 5.43 Å². The maximum Gasteiger partial charge on any atom is 0.267 e. The van der Waals surface area contributed by atoms with Gasteiger partial charge in [0.1, 0.15) is 17.0 Å². The zero-order chi connectivity index (χ0) is 26.6. The van der Waals surface area contributed by atoms with Crippen LogP contribution in [0.4, 0.5) is 11.4 Å². The SMILES string of the molecule is CCN(CC)c1ccc(C2(c3ccc(N(CC)CC)cc3OC)NNC(=O)c3cccnc32)c(OC)c1. The van der Waals surface area contributed by atoms with Crippen LogP contribution in [-0.2, 0) is 5.54 Å². The molecule has 2 heterocycles. The average Bonchev–Trinajstić information content (AvgIpc) is 2.95. The molecule has 4 rings (SSSR count). The quantitative estimate of drug-likeness (QED) is 0.426. The number of amides is 1. The van der Waals surface area contributed by atoms with Crippen molar-refractivity contribution < 1.29 is 14.3 Å². The van der Waals surface area contributed by atoms with E-state index in [2.05, 4.69) is 60.5 Å². The van der Waals surface area contributed by atoms with Gasteiger partial charge in [0.25, 0.3) is 5.91 Å². The molecule has 37 heavy (non-hydrogen) atoms. The van der Waals surface area contributed by atoms with Crippen LogP contribution in [-0.4, -0.2) is 51.3 Å². The van der Waals surface area contributed by atoms with Gasteiger partial charge in [0.2, 0.25) is 0 Å². The summed E-state index contributed by atoms with van der Waals surface area (Å²) < 4.78 is 12.0. The molecule has 0 bridgehead atoms. The molecule has 0 fully saturated rings. The number of hydrazine groups is 1. The third kappa shape index (κ3) is 4.46. The number of anilines is 2. The molecule has 2 N–H and O–H groups in total. The van der Waals surface area contributed by atoms with Crippen LogP contribution < -0.4 is 30.1 Å². The van der Waals surface area contributed by atoms with E-state index in [-0.39, 0.29) is 5.91 Å². The smallest absolute Gasteiger partial charge is 0.267 e. The standard InChI is InChI=1S/C29H37N5O3/c1-7-33(8-2)20-13-15-23(25(18-20)36-5)29(27-22(12-11-17-30-27)28(35)31-32-29)24-16-14-21(19-26(24)37-6)34(9-3)10-4/h11-19,32H,7-10H2,1-6H3,(H,31,35). The highest BCUT2D eigenvalue weighted by molar-refractivity contribution is 5.97. The van der Waals surface area contributed by atoms with Crippen LogP contribution in [0.1, 0.15) is 54.9 Å². The maximum absolute atomic E-state index is 12.9. The fourth-order valence-electron chi connectivity index (χ4n) is 5.25. The van der Waals surface area contributed by atoms with Crippen LogP contribution in [0.15, 0.2) is 54.7 Å². The van der Waals surface area contributed by atoms with Crippen LogP contribution in [0.25, 0.3) is 0 Å². The minimum atomic E-state index is -1.06. The Morgan fingerprint density at radius 1 is 0.811 bits per heavy atom. The van der Waals surface area contributed by atoms with Crippen molar-refractivity contribution in [3.8, 4) is 11.5 Å². The second kappa shape index (κ2) is 11.1. The first-order chi connectivity index (χ1) is 18.0. The molecule has 0 saturated heterocycles. The number of carbonyl (C=O) groups is 1. The Labute approximate surface area is 219 Å². The first-order valence-electron chi connectivity index (χ1n) is 12.9. The van der Waals surface area contributed by atoms with Gasteiger partial charge in [0.05, 0.1) is 25.5 Å². The number of hydrogen-bond acceptors (Lipinski definition) is 7. The molecule has 1 aliphatic rings. The number of benzene rings is 2. The predicted molar refractivity (Wildman–Crippen MR) is 148 cm³/mol. The van der Waals surface area contributed by atoms with Crippen molar-refractivity contribution in [2.45, 2.75) is 33.2 Å². The molecular formula is C29H37N5O3. The number of methoxy groups -OCH3 is 2. The third-order valence-corrected chi connectivity index (χ3v) is 7.21. The summed E-state index contributed by atoms with van der Waals surface area (Å²) in [5.74, 6) is 1.12. The van der Waals surface area contributed by atoms with Gasteiger partial charge in [-0.3, -0.25) is 15.2 Å². The predicted octanol–water partition coefficient (Wildman–Crippen LogP) is 4.33. The molecule has 0 saturated carbocycles. The van der Waals surface area contributed by atoms with Gasteiger partial charge in [0, 0.05) is 67.0 Å².